The van der Waals surface area contributed by atoms with Crippen LogP contribution < -0.4 is 4.90 Å². The van der Waals surface area contributed by atoms with Crippen LogP contribution >= 0.6 is 0 Å². The Morgan fingerprint density at radius 2 is 1.69 bits per heavy atom. The average molecular weight is 480 g/mol. The van der Waals surface area contributed by atoms with E-state index in [0.717, 1.165) is 75.9 Å². The van der Waals surface area contributed by atoms with E-state index < -0.39 is 0 Å². The molecule has 35 heavy (non-hydrogen) atoms. The van der Waals surface area contributed by atoms with Gasteiger partial charge < -0.3 is 14.5 Å². The topological polar surface area (TPSA) is 36.8 Å². The second-order valence-corrected chi connectivity index (χ2v) is 9.29. The molecular formula is C28H38FN5O. The first kappa shape index (κ1) is 25.4. The second kappa shape index (κ2) is 12.3. The van der Waals surface area contributed by atoms with Gasteiger partial charge in [0.1, 0.15) is 11.6 Å². The van der Waals surface area contributed by atoms with Crippen molar-refractivity contribution in [2.75, 3.05) is 64.9 Å². The van der Waals surface area contributed by atoms with Crippen LogP contribution in [0.25, 0.3) is 5.69 Å². The van der Waals surface area contributed by atoms with E-state index in [1.165, 1.54) is 23.3 Å². The molecule has 0 saturated carbocycles. The Morgan fingerprint density at radius 3 is 2.34 bits per heavy atom. The molecule has 0 N–H and O–H groups in total. The lowest BCUT2D eigenvalue weighted by atomic mass is 10.1. The summed E-state index contributed by atoms with van der Waals surface area (Å²) in [6.07, 6.45) is 1.84. The Hall–Kier alpha value is -2.74. The van der Waals surface area contributed by atoms with Crippen LogP contribution in [0.1, 0.15) is 23.7 Å². The highest BCUT2D eigenvalue weighted by Crippen LogP contribution is 2.30. The number of nitrogens with zero attached hydrogens (tertiary/aromatic N) is 5. The Balaban J connectivity index is 1.68. The van der Waals surface area contributed by atoms with Crippen molar-refractivity contribution in [2.24, 2.45) is 0 Å². The van der Waals surface area contributed by atoms with Crippen LogP contribution in [0.3, 0.4) is 0 Å². The SMILES string of the molecule is CCc1nn(-c2ccc(F)cc2)c(N2CCN(C)CC2)c1CN(CCOC)CCc1ccccc1. The minimum Gasteiger partial charge on any atom is -0.383 e. The van der Waals surface area contributed by atoms with Crippen LogP contribution in [0.15, 0.2) is 54.6 Å². The van der Waals surface area contributed by atoms with Gasteiger partial charge >= 0.3 is 0 Å². The third-order valence-electron chi connectivity index (χ3n) is 6.80. The maximum absolute atomic E-state index is 13.7. The Morgan fingerprint density at radius 1 is 0.971 bits per heavy atom. The summed E-state index contributed by atoms with van der Waals surface area (Å²) in [7, 11) is 3.93. The lowest BCUT2D eigenvalue weighted by molar-refractivity contribution is 0.144. The van der Waals surface area contributed by atoms with Crippen LogP contribution in [0, 0.1) is 5.82 Å². The van der Waals surface area contributed by atoms with Gasteiger partial charge in [-0.25, -0.2) is 9.07 Å². The molecule has 1 aromatic heterocycles. The number of ether oxygens (including phenoxy) is 1. The lowest BCUT2D eigenvalue weighted by Gasteiger charge is -2.35. The Labute approximate surface area is 208 Å². The highest BCUT2D eigenvalue weighted by molar-refractivity contribution is 5.56. The number of hydrogen-bond acceptors (Lipinski definition) is 5. The minimum absolute atomic E-state index is 0.232. The fraction of sp³-hybridized carbons (Fsp3) is 0.464. The van der Waals surface area contributed by atoms with E-state index >= 15 is 0 Å². The number of anilines is 1. The number of benzene rings is 2. The summed E-state index contributed by atoms with van der Waals surface area (Å²) in [6.45, 7) is 9.38. The predicted molar refractivity (Wildman–Crippen MR) is 140 cm³/mol. The number of piperazine rings is 1. The molecule has 0 radical (unpaired) electrons. The molecule has 0 spiro atoms. The standard InChI is InChI=1S/C28H38FN5O/c1-4-27-26(22-32(20-21-35-3)15-14-23-8-6-5-7-9-23)28(33-18-16-31(2)17-19-33)34(30-27)25-12-10-24(29)11-13-25/h5-13H,4,14-22H2,1-3H3. The molecule has 0 bridgehead atoms. The summed E-state index contributed by atoms with van der Waals surface area (Å²) in [4.78, 5) is 7.29. The van der Waals surface area contributed by atoms with Crippen LogP contribution in [-0.4, -0.2) is 79.6 Å². The number of likely N-dealkylation sites (N-methyl/N-ethyl adjacent to an activating group) is 1. The van der Waals surface area contributed by atoms with Gasteiger partial charge in [-0.15, -0.1) is 0 Å². The number of rotatable bonds is 11. The van der Waals surface area contributed by atoms with E-state index in [9.17, 15) is 4.39 Å². The zero-order valence-electron chi connectivity index (χ0n) is 21.3. The van der Waals surface area contributed by atoms with E-state index in [4.69, 9.17) is 9.84 Å². The second-order valence-electron chi connectivity index (χ2n) is 9.29. The largest absolute Gasteiger partial charge is 0.383 e. The summed E-state index contributed by atoms with van der Waals surface area (Å²) in [5.41, 5.74) is 4.61. The van der Waals surface area contributed by atoms with Gasteiger partial charge in [-0.2, -0.15) is 5.10 Å². The van der Waals surface area contributed by atoms with Gasteiger partial charge in [0, 0.05) is 58.5 Å². The third-order valence-corrected chi connectivity index (χ3v) is 6.80. The van der Waals surface area contributed by atoms with Crippen molar-refractivity contribution in [2.45, 2.75) is 26.3 Å². The molecule has 2 aromatic carbocycles. The van der Waals surface area contributed by atoms with Crippen LogP contribution in [0.2, 0.25) is 0 Å². The quantitative estimate of drug-likeness (QED) is 0.415. The molecule has 1 saturated heterocycles. The Bertz CT molecular complexity index is 1050. The first-order valence-corrected chi connectivity index (χ1v) is 12.6. The number of methoxy groups -OCH3 is 1. The third kappa shape index (κ3) is 6.48. The highest BCUT2D eigenvalue weighted by atomic mass is 19.1. The highest BCUT2D eigenvalue weighted by Gasteiger charge is 2.26. The molecule has 2 heterocycles. The Kier molecular flexibility index (Phi) is 8.90. The molecule has 188 valence electrons. The van der Waals surface area contributed by atoms with Gasteiger partial charge in [0.15, 0.2) is 0 Å². The first-order chi connectivity index (χ1) is 17.1. The predicted octanol–water partition coefficient (Wildman–Crippen LogP) is 4.02. The summed E-state index contributed by atoms with van der Waals surface area (Å²) in [5.74, 6) is 0.910. The monoisotopic (exact) mass is 479 g/mol. The molecule has 7 heteroatoms. The lowest BCUT2D eigenvalue weighted by Crippen LogP contribution is -2.45. The van der Waals surface area contributed by atoms with Gasteiger partial charge in [0.25, 0.3) is 0 Å². The van der Waals surface area contributed by atoms with Crippen molar-refractivity contribution >= 4 is 5.82 Å². The van der Waals surface area contributed by atoms with Crippen molar-refractivity contribution < 1.29 is 9.13 Å². The summed E-state index contributed by atoms with van der Waals surface area (Å²) in [6, 6.07) is 17.3. The zero-order chi connectivity index (χ0) is 24.6. The normalized spacial score (nSPS) is 14.7. The van der Waals surface area contributed by atoms with Gasteiger partial charge in [-0.1, -0.05) is 37.3 Å². The molecule has 0 atom stereocenters. The molecule has 0 aliphatic carbocycles. The van der Waals surface area contributed by atoms with E-state index in [0.29, 0.717) is 6.61 Å². The average Bonchev–Trinajstić information content (AvgIpc) is 3.25. The van der Waals surface area contributed by atoms with E-state index in [-0.39, 0.29) is 5.82 Å². The van der Waals surface area contributed by atoms with Gasteiger partial charge in [0.2, 0.25) is 0 Å². The first-order valence-electron chi connectivity index (χ1n) is 12.6. The van der Waals surface area contributed by atoms with Crippen molar-refractivity contribution in [3.63, 3.8) is 0 Å². The molecule has 4 rings (SSSR count). The van der Waals surface area contributed by atoms with Crippen LogP contribution in [-0.2, 0) is 24.1 Å². The van der Waals surface area contributed by atoms with Gasteiger partial charge in [0.05, 0.1) is 18.0 Å². The fourth-order valence-corrected chi connectivity index (χ4v) is 4.68. The number of aryl methyl sites for hydroxylation is 1. The maximum Gasteiger partial charge on any atom is 0.137 e. The minimum atomic E-state index is -0.232. The molecule has 1 aliphatic heterocycles. The number of hydrogen-bond donors (Lipinski definition) is 0. The van der Waals surface area contributed by atoms with E-state index in [2.05, 4.69) is 59.0 Å². The molecule has 1 aliphatic rings. The molecular weight excluding hydrogens is 441 g/mol. The molecule has 0 amide bonds. The van der Waals surface area contributed by atoms with Crippen molar-refractivity contribution in [3.8, 4) is 5.69 Å². The molecule has 6 nitrogen and oxygen atoms in total. The van der Waals surface area contributed by atoms with Crippen LogP contribution in [0.5, 0.6) is 0 Å². The van der Waals surface area contributed by atoms with E-state index in [1.807, 2.05) is 16.8 Å². The number of aromatic nitrogens is 2. The fourth-order valence-electron chi connectivity index (χ4n) is 4.68. The van der Waals surface area contributed by atoms with Gasteiger partial charge in [-0.05, 0) is 49.7 Å². The summed E-state index contributed by atoms with van der Waals surface area (Å²) < 4.78 is 21.2. The summed E-state index contributed by atoms with van der Waals surface area (Å²) >= 11 is 0. The molecule has 1 fully saturated rings. The van der Waals surface area contributed by atoms with Crippen molar-refractivity contribution in [3.05, 3.63) is 77.2 Å². The molecule has 3 aromatic rings. The van der Waals surface area contributed by atoms with Crippen molar-refractivity contribution in [1.29, 1.82) is 0 Å². The van der Waals surface area contributed by atoms with Crippen LogP contribution in [0.4, 0.5) is 10.2 Å². The number of halogens is 1. The molecule has 0 unspecified atom stereocenters. The van der Waals surface area contributed by atoms with Crippen molar-refractivity contribution in [1.82, 2.24) is 19.6 Å². The van der Waals surface area contributed by atoms with Gasteiger partial charge in [-0.3, -0.25) is 4.90 Å². The smallest absolute Gasteiger partial charge is 0.137 e. The summed E-state index contributed by atoms with van der Waals surface area (Å²) in [5, 5.41) is 5.06. The maximum atomic E-state index is 13.7. The van der Waals surface area contributed by atoms with E-state index in [1.54, 1.807) is 7.11 Å². The zero-order valence-corrected chi connectivity index (χ0v) is 21.3.